The molecule has 0 saturated heterocycles. The van der Waals surface area contributed by atoms with Crippen molar-refractivity contribution < 1.29 is 27.2 Å². The van der Waals surface area contributed by atoms with Gasteiger partial charge in [0.15, 0.2) is 0 Å². The van der Waals surface area contributed by atoms with Crippen molar-refractivity contribution in [2.75, 3.05) is 18.9 Å². The number of carbonyl (C=O) groups is 1. The molecule has 1 N–H and O–H groups in total. The van der Waals surface area contributed by atoms with Crippen LogP contribution in [0.3, 0.4) is 0 Å². The number of hydrogen-bond donors (Lipinski definition) is 1. The number of thiophene rings is 1. The van der Waals surface area contributed by atoms with Crippen molar-refractivity contribution in [1.82, 2.24) is 5.16 Å². The van der Waals surface area contributed by atoms with E-state index >= 15 is 0 Å². The first kappa shape index (κ1) is 21.5. The quantitative estimate of drug-likeness (QED) is 0.405. The standard InChI is InChI=1S/C18H17ClN2O6S2/c1-11-14(19)17(27-20-11)21-29(23,24)13-9-10-28-15(13)16(22)18(25-2,26-3)12-7-5-4-6-8-12/h4-10,21H,1-3H3. The molecule has 11 heteroatoms. The molecule has 0 amide bonds. The molecular weight excluding hydrogens is 440 g/mol. The summed E-state index contributed by atoms with van der Waals surface area (Å²) in [5.74, 6) is -2.71. The minimum Gasteiger partial charge on any atom is -0.343 e. The summed E-state index contributed by atoms with van der Waals surface area (Å²) in [6.45, 7) is 1.56. The Hall–Kier alpha value is -2.24. The highest BCUT2D eigenvalue weighted by Crippen LogP contribution is 2.36. The molecule has 3 rings (SSSR count). The number of nitrogens with one attached hydrogen (secondary N) is 1. The van der Waals surface area contributed by atoms with Crippen molar-refractivity contribution in [3.05, 3.63) is 62.9 Å². The fourth-order valence-electron chi connectivity index (χ4n) is 2.72. The molecule has 3 aromatic rings. The number of aryl methyl sites for hydroxylation is 1. The highest BCUT2D eigenvalue weighted by molar-refractivity contribution is 7.93. The number of ether oxygens (including phenoxy) is 2. The van der Waals surface area contributed by atoms with Crippen LogP contribution in [0.15, 0.2) is 51.2 Å². The lowest BCUT2D eigenvalue weighted by Crippen LogP contribution is -2.40. The van der Waals surface area contributed by atoms with Gasteiger partial charge in [-0.1, -0.05) is 47.1 Å². The Bertz CT molecular complexity index is 1120. The van der Waals surface area contributed by atoms with Gasteiger partial charge in [0, 0.05) is 19.8 Å². The van der Waals surface area contributed by atoms with Crippen LogP contribution in [-0.4, -0.2) is 33.6 Å². The largest absolute Gasteiger partial charge is 0.343 e. The third kappa shape index (κ3) is 3.81. The summed E-state index contributed by atoms with van der Waals surface area (Å²) < 4.78 is 43.8. The molecule has 2 aromatic heterocycles. The van der Waals surface area contributed by atoms with E-state index in [-0.39, 0.29) is 20.7 Å². The van der Waals surface area contributed by atoms with Gasteiger partial charge in [0.1, 0.15) is 15.6 Å². The third-order valence-corrected chi connectivity index (χ3v) is 7.03. The second-order valence-corrected chi connectivity index (χ2v) is 8.80. The molecule has 0 bridgehead atoms. The molecule has 0 radical (unpaired) electrons. The van der Waals surface area contributed by atoms with Crippen LogP contribution in [0, 0.1) is 6.92 Å². The van der Waals surface area contributed by atoms with Crippen LogP contribution in [0.4, 0.5) is 5.88 Å². The van der Waals surface area contributed by atoms with E-state index in [4.69, 9.17) is 25.6 Å². The molecule has 0 saturated carbocycles. The van der Waals surface area contributed by atoms with E-state index in [1.807, 2.05) is 0 Å². The highest BCUT2D eigenvalue weighted by atomic mass is 35.5. The zero-order valence-electron chi connectivity index (χ0n) is 15.6. The summed E-state index contributed by atoms with van der Waals surface area (Å²) in [6.07, 6.45) is 0. The van der Waals surface area contributed by atoms with Gasteiger partial charge in [-0.05, 0) is 18.4 Å². The molecular formula is C18H17ClN2O6S2. The maximum Gasteiger partial charge on any atom is 0.265 e. The van der Waals surface area contributed by atoms with E-state index in [2.05, 4.69) is 9.88 Å². The van der Waals surface area contributed by atoms with Crippen molar-refractivity contribution in [2.24, 2.45) is 0 Å². The van der Waals surface area contributed by atoms with Gasteiger partial charge in [0.2, 0.25) is 5.78 Å². The number of hydrogen-bond acceptors (Lipinski definition) is 8. The number of anilines is 1. The van der Waals surface area contributed by atoms with Crippen LogP contribution in [0.2, 0.25) is 5.02 Å². The Morgan fingerprint density at radius 2 is 1.86 bits per heavy atom. The molecule has 0 spiro atoms. The SMILES string of the molecule is COC(OC)(C(=O)c1sccc1S(=O)(=O)Nc1onc(C)c1Cl)c1ccccc1. The molecule has 0 atom stereocenters. The molecule has 0 aliphatic rings. The molecule has 2 heterocycles. The normalized spacial score (nSPS) is 12.1. The molecule has 154 valence electrons. The number of aromatic nitrogens is 1. The van der Waals surface area contributed by atoms with Crippen molar-refractivity contribution in [3.63, 3.8) is 0 Å². The summed E-state index contributed by atoms with van der Waals surface area (Å²) in [5, 5.41) is 5.12. The van der Waals surface area contributed by atoms with E-state index in [9.17, 15) is 13.2 Å². The number of Topliss-reactive ketones (excluding diaryl/α,β-unsaturated/α-hetero) is 1. The lowest BCUT2D eigenvalue weighted by molar-refractivity contribution is -0.176. The predicted octanol–water partition coefficient (Wildman–Crippen LogP) is 3.83. The van der Waals surface area contributed by atoms with Gasteiger partial charge in [0.05, 0.1) is 4.88 Å². The number of methoxy groups -OCH3 is 2. The Kier molecular flexibility index (Phi) is 6.11. The Labute approximate surface area is 176 Å². The van der Waals surface area contributed by atoms with Crippen LogP contribution in [0.5, 0.6) is 0 Å². The van der Waals surface area contributed by atoms with Crippen LogP contribution >= 0.6 is 22.9 Å². The number of rotatable bonds is 8. The number of halogens is 1. The lowest BCUT2D eigenvalue weighted by atomic mass is 10.00. The molecule has 8 nitrogen and oxygen atoms in total. The van der Waals surface area contributed by atoms with Gasteiger partial charge in [-0.15, -0.1) is 11.3 Å². The Morgan fingerprint density at radius 3 is 2.41 bits per heavy atom. The summed E-state index contributed by atoms with van der Waals surface area (Å²) in [6, 6.07) is 9.83. The fraction of sp³-hybridized carbons (Fsp3) is 0.222. The first-order valence-corrected chi connectivity index (χ1v) is 10.9. The topological polar surface area (TPSA) is 108 Å². The van der Waals surface area contributed by atoms with Crippen LogP contribution in [0.25, 0.3) is 0 Å². The molecule has 0 fully saturated rings. The van der Waals surface area contributed by atoms with Crippen molar-refractivity contribution >= 4 is 44.6 Å². The first-order valence-electron chi connectivity index (χ1n) is 8.19. The second-order valence-electron chi connectivity index (χ2n) is 5.85. The summed E-state index contributed by atoms with van der Waals surface area (Å²) in [5.41, 5.74) is 0.751. The Morgan fingerprint density at radius 1 is 1.21 bits per heavy atom. The smallest absolute Gasteiger partial charge is 0.265 e. The van der Waals surface area contributed by atoms with Gasteiger partial charge in [0.25, 0.3) is 21.7 Å². The predicted molar refractivity (Wildman–Crippen MR) is 108 cm³/mol. The van der Waals surface area contributed by atoms with Gasteiger partial charge in [-0.25, -0.2) is 13.1 Å². The van der Waals surface area contributed by atoms with Gasteiger partial charge in [-0.2, -0.15) is 0 Å². The monoisotopic (exact) mass is 456 g/mol. The third-order valence-electron chi connectivity index (χ3n) is 4.17. The fourth-order valence-corrected chi connectivity index (χ4v) is 5.29. The maximum atomic E-state index is 13.4. The van der Waals surface area contributed by atoms with Crippen LogP contribution in [0.1, 0.15) is 20.9 Å². The summed E-state index contributed by atoms with van der Waals surface area (Å²) in [4.78, 5) is 13.1. The van der Waals surface area contributed by atoms with Gasteiger partial charge >= 0.3 is 0 Å². The molecule has 29 heavy (non-hydrogen) atoms. The molecule has 0 aliphatic carbocycles. The average molecular weight is 457 g/mol. The number of sulfonamides is 1. The van der Waals surface area contributed by atoms with Crippen LogP contribution < -0.4 is 4.72 Å². The zero-order valence-corrected chi connectivity index (χ0v) is 18.0. The van der Waals surface area contributed by atoms with Crippen molar-refractivity contribution in [3.8, 4) is 0 Å². The van der Waals surface area contributed by atoms with Gasteiger partial charge < -0.3 is 14.0 Å². The maximum absolute atomic E-state index is 13.4. The zero-order chi connectivity index (χ0) is 21.2. The summed E-state index contributed by atoms with van der Waals surface area (Å²) in [7, 11) is -1.58. The number of nitrogens with zero attached hydrogens (tertiary/aromatic N) is 1. The van der Waals surface area contributed by atoms with Crippen molar-refractivity contribution in [1.29, 1.82) is 0 Å². The summed E-state index contributed by atoms with van der Waals surface area (Å²) >= 11 is 6.94. The number of ketones is 1. The first-order chi connectivity index (χ1) is 13.8. The number of benzene rings is 1. The van der Waals surface area contributed by atoms with E-state index < -0.39 is 21.6 Å². The van der Waals surface area contributed by atoms with E-state index in [1.54, 1.807) is 37.3 Å². The second kappa shape index (κ2) is 8.25. The molecule has 0 unspecified atom stereocenters. The molecule has 0 aliphatic heterocycles. The molecule has 1 aromatic carbocycles. The number of carbonyl (C=O) groups excluding carboxylic acids is 1. The highest BCUT2D eigenvalue weighted by Gasteiger charge is 2.44. The lowest BCUT2D eigenvalue weighted by Gasteiger charge is -2.29. The minimum absolute atomic E-state index is 0.0316. The minimum atomic E-state index is -4.20. The van der Waals surface area contributed by atoms with E-state index in [1.165, 1.54) is 25.7 Å². The van der Waals surface area contributed by atoms with Crippen LogP contribution in [-0.2, 0) is 25.3 Å². The average Bonchev–Trinajstić information content (AvgIpc) is 3.33. The van der Waals surface area contributed by atoms with Gasteiger partial charge in [-0.3, -0.25) is 4.79 Å². The van der Waals surface area contributed by atoms with Crippen molar-refractivity contribution in [2.45, 2.75) is 17.6 Å². The van der Waals surface area contributed by atoms with E-state index in [0.717, 1.165) is 11.3 Å². The Balaban J connectivity index is 2.04. The van der Waals surface area contributed by atoms with E-state index in [0.29, 0.717) is 11.3 Å².